The Balaban J connectivity index is 1.60. The van der Waals surface area contributed by atoms with Crippen LogP contribution in [0.2, 0.25) is 0 Å². The number of halogens is 3. The van der Waals surface area contributed by atoms with Gasteiger partial charge in [0.1, 0.15) is 17.1 Å². The van der Waals surface area contributed by atoms with Gasteiger partial charge < -0.3 is 19.5 Å². The van der Waals surface area contributed by atoms with Crippen LogP contribution in [0.3, 0.4) is 0 Å². The summed E-state index contributed by atoms with van der Waals surface area (Å²) in [4.78, 5) is 37.8. The predicted octanol–water partition coefficient (Wildman–Crippen LogP) is 5.14. The Bertz CT molecular complexity index is 2200. The van der Waals surface area contributed by atoms with Gasteiger partial charge >= 0.3 is 6.18 Å². The van der Waals surface area contributed by atoms with E-state index in [0.29, 0.717) is 17.2 Å². The molecule has 5 aromatic rings. The molecule has 0 aliphatic rings. The number of ketones is 1. The molecule has 2 N–H and O–H groups in total. The molecule has 3 aromatic heterocycles. The summed E-state index contributed by atoms with van der Waals surface area (Å²) in [5, 5.41) is 6.70. The fourth-order valence-corrected chi connectivity index (χ4v) is 5.69. The van der Waals surface area contributed by atoms with Crippen LogP contribution < -0.4 is 24.2 Å². The zero-order valence-electron chi connectivity index (χ0n) is 27.0. The topological polar surface area (TPSA) is 177 Å². The van der Waals surface area contributed by atoms with Crippen LogP contribution in [0.4, 0.5) is 24.8 Å². The minimum Gasteiger partial charge on any atom is -0.497 e. The molecule has 14 nitrogen and oxygen atoms in total. The summed E-state index contributed by atoms with van der Waals surface area (Å²) in [6, 6.07) is 12.0. The Kier molecular flexibility index (Phi) is 9.75. The summed E-state index contributed by atoms with van der Waals surface area (Å²) in [7, 11) is -0.364. The molecule has 50 heavy (non-hydrogen) atoms. The second kappa shape index (κ2) is 13.8. The number of aryl methyl sites for hydroxylation is 1. The average molecular weight is 712 g/mol. The second-order valence-electron chi connectivity index (χ2n) is 10.5. The predicted molar refractivity (Wildman–Crippen MR) is 173 cm³/mol. The van der Waals surface area contributed by atoms with E-state index < -0.39 is 27.8 Å². The van der Waals surface area contributed by atoms with Gasteiger partial charge in [-0.05, 0) is 38.1 Å². The van der Waals surface area contributed by atoms with Gasteiger partial charge in [-0.3, -0.25) is 9.59 Å². The fourth-order valence-electron chi connectivity index (χ4n) is 4.68. The SMILES string of the molecule is COc1cc(Nc2ncc(-c3cnc(OC)c(C(=O)NS(=O)(=O)c4cccc(C(C)=O)c4)c3)c(-n3nc(C(F)(F)F)cc3C)n2)cc(OC)c1. The van der Waals surface area contributed by atoms with Crippen molar-refractivity contribution in [3.8, 4) is 34.3 Å². The normalized spacial score (nSPS) is 11.5. The number of Topliss-reactive ketones (excluding diaryl/α,β-unsaturated/α-hetero) is 1. The largest absolute Gasteiger partial charge is 0.497 e. The zero-order chi connectivity index (χ0) is 36.4. The van der Waals surface area contributed by atoms with Crippen LogP contribution in [0.15, 0.2) is 71.9 Å². The van der Waals surface area contributed by atoms with Crippen molar-refractivity contribution in [3.05, 3.63) is 89.5 Å². The first kappa shape index (κ1) is 35.3. The Morgan fingerprint density at radius 3 is 2.20 bits per heavy atom. The molecular formula is C32H28F3N7O7S. The number of aromatic nitrogens is 5. The Labute approximate surface area is 283 Å². The van der Waals surface area contributed by atoms with E-state index in [-0.39, 0.29) is 56.3 Å². The molecule has 0 unspecified atom stereocenters. The molecule has 0 radical (unpaired) electrons. The molecule has 0 aliphatic carbocycles. The molecule has 0 aliphatic heterocycles. The monoisotopic (exact) mass is 711 g/mol. The maximum Gasteiger partial charge on any atom is 0.435 e. The number of ether oxygens (including phenoxy) is 3. The highest BCUT2D eigenvalue weighted by molar-refractivity contribution is 7.90. The van der Waals surface area contributed by atoms with E-state index in [9.17, 15) is 31.2 Å². The number of amides is 1. The second-order valence-corrected chi connectivity index (χ2v) is 12.2. The van der Waals surface area contributed by atoms with Crippen LogP contribution in [0.5, 0.6) is 17.4 Å². The van der Waals surface area contributed by atoms with Gasteiger partial charge in [-0.15, -0.1) is 0 Å². The van der Waals surface area contributed by atoms with E-state index in [4.69, 9.17) is 14.2 Å². The average Bonchev–Trinajstić information content (AvgIpc) is 3.49. The van der Waals surface area contributed by atoms with Crippen LogP contribution in [-0.2, 0) is 16.2 Å². The summed E-state index contributed by atoms with van der Waals surface area (Å²) in [6.45, 7) is 2.66. The van der Waals surface area contributed by atoms with Crippen LogP contribution in [-0.4, -0.2) is 66.2 Å². The number of hydrogen-bond donors (Lipinski definition) is 2. The van der Waals surface area contributed by atoms with Crippen molar-refractivity contribution in [3.63, 3.8) is 0 Å². The summed E-state index contributed by atoms with van der Waals surface area (Å²) < 4.78 is 86.0. The standard InChI is InChI=1S/C32H28F3N7O7S/c1-17-9-27(32(33,34)35)40-42(17)28-26(16-37-31(39-28)38-21-12-22(47-3)14-23(13-21)48-4)20-11-25(30(49-5)36-15-20)29(44)41-50(45,46)24-8-6-7-19(10-24)18(2)43/h6-16H,1-5H3,(H,41,44)(H,37,38,39). The lowest BCUT2D eigenvalue weighted by Crippen LogP contribution is -2.31. The van der Waals surface area contributed by atoms with Gasteiger partial charge in [-0.2, -0.15) is 23.3 Å². The number of anilines is 2. The van der Waals surface area contributed by atoms with Crippen molar-refractivity contribution in [1.29, 1.82) is 0 Å². The van der Waals surface area contributed by atoms with Crippen LogP contribution in [0, 0.1) is 6.92 Å². The van der Waals surface area contributed by atoms with Gasteiger partial charge in [-0.25, -0.2) is 27.8 Å². The van der Waals surface area contributed by atoms with Crippen molar-refractivity contribution < 1.29 is 45.4 Å². The number of alkyl halides is 3. The molecular weight excluding hydrogens is 683 g/mol. The number of carbonyl (C=O) groups is 2. The molecule has 0 spiro atoms. The van der Waals surface area contributed by atoms with Crippen molar-refractivity contribution in [1.82, 2.24) is 29.5 Å². The first-order valence-electron chi connectivity index (χ1n) is 14.4. The van der Waals surface area contributed by atoms with E-state index >= 15 is 0 Å². The highest BCUT2D eigenvalue weighted by atomic mass is 32.2. The summed E-state index contributed by atoms with van der Waals surface area (Å²) in [6.07, 6.45) is -2.26. The molecule has 18 heteroatoms. The molecule has 3 heterocycles. The molecule has 0 saturated carbocycles. The van der Waals surface area contributed by atoms with Crippen LogP contribution in [0.25, 0.3) is 16.9 Å². The molecule has 1 amide bonds. The van der Waals surface area contributed by atoms with E-state index in [1.165, 1.54) is 71.8 Å². The van der Waals surface area contributed by atoms with E-state index in [1.54, 1.807) is 18.2 Å². The van der Waals surface area contributed by atoms with E-state index in [1.807, 2.05) is 4.72 Å². The Morgan fingerprint density at radius 2 is 1.60 bits per heavy atom. The lowest BCUT2D eigenvalue weighted by atomic mass is 10.1. The quantitative estimate of drug-likeness (QED) is 0.173. The minimum atomic E-state index is -4.77. The van der Waals surface area contributed by atoms with Gasteiger partial charge in [-0.1, -0.05) is 12.1 Å². The van der Waals surface area contributed by atoms with Crippen molar-refractivity contribution in [2.75, 3.05) is 26.6 Å². The zero-order valence-corrected chi connectivity index (χ0v) is 27.8. The number of methoxy groups -OCH3 is 3. The Morgan fingerprint density at radius 1 is 0.900 bits per heavy atom. The van der Waals surface area contributed by atoms with Crippen LogP contribution in [0.1, 0.15) is 39.0 Å². The van der Waals surface area contributed by atoms with Gasteiger partial charge in [0.2, 0.25) is 11.8 Å². The van der Waals surface area contributed by atoms with Gasteiger partial charge in [0.15, 0.2) is 17.3 Å². The number of benzene rings is 2. The number of carbonyl (C=O) groups excluding carboxylic acids is 2. The molecule has 0 fully saturated rings. The van der Waals surface area contributed by atoms with E-state index in [2.05, 4.69) is 25.4 Å². The Hall–Kier alpha value is -6.04. The summed E-state index contributed by atoms with van der Waals surface area (Å²) in [5.41, 5.74) is -0.766. The number of nitrogens with zero attached hydrogens (tertiary/aromatic N) is 5. The number of nitrogens with one attached hydrogen (secondary N) is 2. The third-order valence-electron chi connectivity index (χ3n) is 7.13. The summed E-state index contributed by atoms with van der Waals surface area (Å²) in [5.74, 6) is -1.12. The van der Waals surface area contributed by atoms with Crippen molar-refractivity contribution >= 4 is 33.3 Å². The maximum absolute atomic E-state index is 13.7. The van der Waals surface area contributed by atoms with Gasteiger partial charge in [0.25, 0.3) is 15.9 Å². The third-order valence-corrected chi connectivity index (χ3v) is 8.46. The third kappa shape index (κ3) is 7.49. The lowest BCUT2D eigenvalue weighted by Gasteiger charge is -2.15. The molecule has 5 rings (SSSR count). The molecule has 260 valence electrons. The highest BCUT2D eigenvalue weighted by Gasteiger charge is 2.35. The maximum atomic E-state index is 13.7. The van der Waals surface area contributed by atoms with Crippen molar-refractivity contribution in [2.45, 2.75) is 24.9 Å². The van der Waals surface area contributed by atoms with E-state index in [0.717, 1.165) is 16.8 Å². The molecule has 2 aromatic carbocycles. The van der Waals surface area contributed by atoms with Crippen molar-refractivity contribution in [2.24, 2.45) is 0 Å². The van der Waals surface area contributed by atoms with Gasteiger partial charge in [0, 0.05) is 58.7 Å². The smallest absolute Gasteiger partial charge is 0.435 e. The number of pyridine rings is 1. The minimum absolute atomic E-state index is 0.0548. The molecule has 0 saturated heterocycles. The van der Waals surface area contributed by atoms with Crippen LogP contribution >= 0.6 is 0 Å². The molecule has 0 bridgehead atoms. The summed E-state index contributed by atoms with van der Waals surface area (Å²) >= 11 is 0. The first-order valence-corrected chi connectivity index (χ1v) is 15.9. The first-order chi connectivity index (χ1) is 23.6. The van der Waals surface area contributed by atoms with Gasteiger partial charge in [0.05, 0.1) is 26.2 Å². The highest BCUT2D eigenvalue weighted by Crippen LogP contribution is 2.34. The fraction of sp³-hybridized carbons (Fsp3) is 0.188. The number of sulfonamides is 1. The molecule has 0 atom stereocenters. The number of rotatable bonds is 11. The lowest BCUT2D eigenvalue weighted by molar-refractivity contribution is -0.141. The number of hydrogen-bond acceptors (Lipinski definition) is 12.